The van der Waals surface area contributed by atoms with Crippen molar-refractivity contribution < 1.29 is 30.8 Å². The Balaban J connectivity index is 0.000000612. The second-order valence-electron chi connectivity index (χ2n) is 5.87. The number of nitrogens with one attached hydrogen (secondary N) is 1. The molecule has 0 fully saturated rings. The van der Waals surface area contributed by atoms with Crippen molar-refractivity contribution in [3.8, 4) is 0 Å². The normalized spacial score (nSPS) is 11.7. The topological polar surface area (TPSA) is 81.1 Å². The van der Waals surface area contributed by atoms with Crippen molar-refractivity contribution in [2.24, 2.45) is 0 Å². The van der Waals surface area contributed by atoms with Gasteiger partial charge < -0.3 is 5.32 Å². The van der Waals surface area contributed by atoms with Gasteiger partial charge in [0.15, 0.2) is 0 Å². The summed E-state index contributed by atoms with van der Waals surface area (Å²) in [6.45, 7) is 5.10. The number of rotatable bonds is 7. The molecule has 0 unspecified atom stereocenters. The van der Waals surface area contributed by atoms with E-state index in [2.05, 4.69) is 10.4 Å². The molecule has 1 heterocycles. The van der Waals surface area contributed by atoms with E-state index in [-0.39, 0.29) is 9.79 Å². The van der Waals surface area contributed by atoms with Crippen LogP contribution in [0.3, 0.4) is 0 Å². The summed E-state index contributed by atoms with van der Waals surface area (Å²) in [4.78, 5) is 9.06. The molecule has 0 aliphatic rings. The van der Waals surface area contributed by atoms with E-state index in [9.17, 15) is 26.0 Å². The van der Waals surface area contributed by atoms with E-state index in [1.54, 1.807) is 4.68 Å². The van der Waals surface area contributed by atoms with Gasteiger partial charge in [0.2, 0.25) is 16.1 Å². The number of carbonyl (C=O) groups is 1. The highest BCUT2D eigenvalue weighted by Gasteiger charge is 2.28. The quantitative estimate of drug-likeness (QED) is 0.409. The van der Waals surface area contributed by atoms with Crippen LogP contribution in [0.4, 0.5) is 17.6 Å². The van der Waals surface area contributed by atoms with Crippen LogP contribution >= 0.6 is 0 Å². The molecule has 2 rings (SSSR count). The number of hydrogen-bond donors (Lipinski definition) is 1. The number of aldehydes is 1. The molecular weight excluding hydrogens is 414 g/mol. The minimum absolute atomic E-state index is 0.0940. The smallest absolute Gasteiger partial charge is 0.318 e. The molecule has 1 N–H and O–H groups in total. The van der Waals surface area contributed by atoms with Gasteiger partial charge in [-0.15, -0.1) is 0 Å². The van der Waals surface area contributed by atoms with E-state index >= 15 is 0 Å². The zero-order valence-corrected chi connectivity index (χ0v) is 17.1. The third-order valence-corrected chi connectivity index (χ3v) is 5.75. The average Bonchev–Trinajstić information content (AvgIpc) is 3.05. The zero-order valence-electron chi connectivity index (χ0n) is 16.3. The van der Waals surface area contributed by atoms with Crippen molar-refractivity contribution in [3.05, 3.63) is 41.5 Å². The van der Waals surface area contributed by atoms with Crippen molar-refractivity contribution >= 4 is 16.1 Å². The van der Waals surface area contributed by atoms with Crippen molar-refractivity contribution in [1.29, 1.82) is 0 Å². The monoisotopic (exact) mass is 437 g/mol. The zero-order chi connectivity index (χ0) is 22.2. The Kier molecular flexibility index (Phi) is 8.96. The van der Waals surface area contributed by atoms with Crippen LogP contribution in [0.5, 0.6) is 0 Å². The van der Waals surface area contributed by atoms with E-state index in [4.69, 9.17) is 4.79 Å². The van der Waals surface area contributed by atoms with Crippen LogP contribution < -0.4 is 5.32 Å². The third-order valence-electron chi connectivity index (χ3n) is 3.85. The lowest BCUT2D eigenvalue weighted by Crippen LogP contribution is -2.17. The minimum atomic E-state index is -4.64. The van der Waals surface area contributed by atoms with Crippen molar-refractivity contribution in [1.82, 2.24) is 15.1 Å². The Bertz CT molecular complexity index is 908. The largest absolute Gasteiger partial charge is 0.446 e. The van der Waals surface area contributed by atoms with E-state index in [1.807, 2.05) is 20.9 Å². The first-order valence-corrected chi connectivity index (χ1v) is 10.3. The number of alkyl halides is 3. The average molecular weight is 437 g/mol. The standard InChI is InChI=1S/C16H22FN3O2S.C2HF3O/c1-4-14-16(15(5-2)20(19-14)11-10-18-3)23(21,22)13-8-6-12(17)7-9-13;3-2(4,5)1-6/h6-9,18H,4-5,10-11H2,1-3H3;1H. The van der Waals surface area contributed by atoms with Gasteiger partial charge in [0, 0.05) is 6.54 Å². The van der Waals surface area contributed by atoms with E-state index in [0.717, 1.165) is 12.1 Å². The predicted molar refractivity (Wildman–Crippen MR) is 98.9 cm³/mol. The highest BCUT2D eigenvalue weighted by atomic mass is 32.2. The van der Waals surface area contributed by atoms with Crippen LogP contribution in [0.1, 0.15) is 25.2 Å². The van der Waals surface area contributed by atoms with E-state index in [1.165, 1.54) is 12.1 Å². The molecule has 6 nitrogen and oxygen atoms in total. The second kappa shape index (κ2) is 10.5. The van der Waals surface area contributed by atoms with Gasteiger partial charge in [0.1, 0.15) is 10.7 Å². The number of likely N-dealkylation sites (N-methyl/N-ethyl adjacent to an activating group) is 1. The molecule has 0 bridgehead atoms. The fourth-order valence-electron chi connectivity index (χ4n) is 2.55. The summed E-state index contributed by atoms with van der Waals surface area (Å²) in [5, 5.41) is 7.51. The molecule has 29 heavy (non-hydrogen) atoms. The second-order valence-corrected chi connectivity index (χ2v) is 7.76. The summed E-state index contributed by atoms with van der Waals surface area (Å²) in [6.07, 6.45) is -4.62. The van der Waals surface area contributed by atoms with Gasteiger partial charge in [0.25, 0.3) is 0 Å². The molecule has 0 amide bonds. The molecule has 2 aromatic rings. The molecule has 1 aromatic carbocycles. The lowest BCUT2D eigenvalue weighted by atomic mass is 10.2. The molecule has 0 aliphatic heterocycles. The number of sulfone groups is 1. The Hall–Kier alpha value is -2.27. The fraction of sp³-hybridized carbons (Fsp3) is 0.444. The highest BCUT2D eigenvalue weighted by molar-refractivity contribution is 7.91. The Morgan fingerprint density at radius 3 is 2.10 bits per heavy atom. The van der Waals surface area contributed by atoms with Gasteiger partial charge in [-0.05, 0) is 44.2 Å². The predicted octanol–water partition coefficient (Wildman–Crippen LogP) is 2.95. The molecule has 0 spiro atoms. The molecule has 11 heteroatoms. The van der Waals surface area contributed by atoms with Crippen LogP contribution in [-0.4, -0.2) is 44.3 Å². The first-order valence-electron chi connectivity index (χ1n) is 8.78. The molecule has 162 valence electrons. The highest BCUT2D eigenvalue weighted by Crippen LogP contribution is 2.28. The van der Waals surface area contributed by atoms with Crippen LogP contribution in [0.2, 0.25) is 0 Å². The van der Waals surface area contributed by atoms with Gasteiger partial charge in [0.05, 0.1) is 22.8 Å². The molecule has 0 atom stereocenters. The van der Waals surface area contributed by atoms with Gasteiger partial charge in [-0.2, -0.15) is 18.3 Å². The number of aryl methyl sites for hydroxylation is 1. The number of hydrogen-bond acceptors (Lipinski definition) is 5. The van der Waals surface area contributed by atoms with Gasteiger partial charge in [-0.3, -0.25) is 9.48 Å². The molecule has 0 aliphatic carbocycles. The maximum absolute atomic E-state index is 13.1. The molecular formula is C18H23F4N3O3S. The minimum Gasteiger partial charge on any atom is -0.318 e. The summed E-state index contributed by atoms with van der Waals surface area (Å²) in [6, 6.07) is 4.92. The lowest BCUT2D eigenvalue weighted by molar-refractivity contribution is -0.156. The van der Waals surface area contributed by atoms with Crippen molar-refractivity contribution in [2.75, 3.05) is 13.6 Å². The first-order chi connectivity index (χ1) is 13.5. The van der Waals surface area contributed by atoms with Crippen molar-refractivity contribution in [2.45, 2.75) is 49.2 Å². The molecule has 0 saturated heterocycles. The molecule has 1 aromatic heterocycles. The number of halogens is 4. The fourth-order valence-corrected chi connectivity index (χ4v) is 4.34. The third kappa shape index (κ3) is 6.64. The number of benzene rings is 1. The number of aromatic nitrogens is 2. The Labute approximate surface area is 166 Å². The number of carbonyl (C=O) groups excluding carboxylic acids is 1. The van der Waals surface area contributed by atoms with Crippen LogP contribution in [0.15, 0.2) is 34.1 Å². The van der Waals surface area contributed by atoms with Crippen molar-refractivity contribution in [3.63, 3.8) is 0 Å². The maximum atomic E-state index is 13.1. The number of nitrogens with zero attached hydrogens (tertiary/aromatic N) is 2. The summed E-state index contributed by atoms with van der Waals surface area (Å²) in [7, 11) is -1.88. The van der Waals surface area contributed by atoms with Crippen LogP contribution in [-0.2, 0) is 34.0 Å². The molecule has 0 saturated carbocycles. The van der Waals surface area contributed by atoms with Gasteiger partial charge in [-0.25, -0.2) is 12.8 Å². The summed E-state index contributed by atoms with van der Waals surface area (Å²) in [5.74, 6) is -0.458. The van der Waals surface area contributed by atoms with Crippen LogP contribution in [0.25, 0.3) is 0 Å². The van der Waals surface area contributed by atoms with E-state index in [0.29, 0.717) is 37.3 Å². The summed E-state index contributed by atoms with van der Waals surface area (Å²) < 4.78 is 72.1. The summed E-state index contributed by atoms with van der Waals surface area (Å²) >= 11 is 0. The van der Waals surface area contributed by atoms with Crippen LogP contribution in [0, 0.1) is 5.82 Å². The Morgan fingerprint density at radius 2 is 1.69 bits per heavy atom. The van der Waals surface area contributed by atoms with Gasteiger partial charge >= 0.3 is 6.18 Å². The molecule has 0 radical (unpaired) electrons. The SMILES string of the molecule is CCc1nn(CCNC)c(CC)c1S(=O)(=O)c1ccc(F)cc1.O=CC(F)(F)F. The first kappa shape index (κ1) is 24.8. The maximum Gasteiger partial charge on any atom is 0.446 e. The Morgan fingerprint density at radius 1 is 1.14 bits per heavy atom. The lowest BCUT2D eigenvalue weighted by Gasteiger charge is -2.09. The van der Waals surface area contributed by atoms with Gasteiger partial charge in [-0.1, -0.05) is 13.8 Å². The summed E-state index contributed by atoms with van der Waals surface area (Å²) in [5.41, 5.74) is 1.25. The van der Waals surface area contributed by atoms with E-state index < -0.39 is 28.1 Å².